The first-order valence-corrected chi connectivity index (χ1v) is 14.7. The van der Waals surface area contributed by atoms with Crippen LogP contribution < -0.4 is 0 Å². The SMILES string of the molecule is [2H]c1c([2H])c([2H])c(-c2ccc3oc4cc(-c5c6ccccc6c(-c6c([2H])c([2H])c([2H])c([2H])c6-c6ccccc6)c6ccccc56)ccc4c3c2)c([2H])c1[2H]. The van der Waals surface area contributed by atoms with Crippen molar-refractivity contribution < 1.29 is 16.8 Å². The molecule has 0 spiro atoms. The van der Waals surface area contributed by atoms with Crippen LogP contribution >= 0.6 is 0 Å². The molecular formula is C44H28O. The summed E-state index contributed by atoms with van der Waals surface area (Å²) in [5, 5.41) is 5.02. The molecule has 1 aromatic heterocycles. The van der Waals surface area contributed by atoms with E-state index in [-0.39, 0.29) is 53.9 Å². The Labute approximate surface area is 274 Å². The first-order chi connectivity index (χ1) is 26.1. The van der Waals surface area contributed by atoms with Crippen LogP contribution in [-0.4, -0.2) is 0 Å². The van der Waals surface area contributed by atoms with Crippen molar-refractivity contribution in [1.82, 2.24) is 0 Å². The topological polar surface area (TPSA) is 13.1 Å². The van der Waals surface area contributed by atoms with E-state index in [1.165, 1.54) is 0 Å². The summed E-state index contributed by atoms with van der Waals surface area (Å²) in [6.45, 7) is 0. The zero-order valence-corrected chi connectivity index (χ0v) is 23.9. The zero-order valence-electron chi connectivity index (χ0n) is 32.9. The molecule has 9 rings (SSSR count). The first-order valence-electron chi connectivity index (χ1n) is 19.2. The summed E-state index contributed by atoms with van der Waals surface area (Å²) < 4.78 is 83.3. The fourth-order valence-electron chi connectivity index (χ4n) is 6.51. The number of furan rings is 1. The Balaban J connectivity index is 1.30. The molecule has 0 fully saturated rings. The molecule has 1 heterocycles. The summed E-state index contributed by atoms with van der Waals surface area (Å²) in [5.74, 6) is 0. The predicted octanol–water partition coefficient (Wildman–Crippen LogP) is 12.6. The molecule has 0 unspecified atom stereocenters. The van der Waals surface area contributed by atoms with Crippen molar-refractivity contribution in [2.75, 3.05) is 0 Å². The molecule has 0 aliphatic carbocycles. The highest BCUT2D eigenvalue weighted by molar-refractivity contribution is 6.23. The van der Waals surface area contributed by atoms with E-state index in [1.807, 2.05) is 97.1 Å². The van der Waals surface area contributed by atoms with E-state index >= 15 is 0 Å². The van der Waals surface area contributed by atoms with E-state index in [4.69, 9.17) is 15.4 Å². The van der Waals surface area contributed by atoms with Crippen LogP contribution in [0.4, 0.5) is 0 Å². The Morgan fingerprint density at radius 1 is 0.356 bits per heavy atom. The Hall–Kier alpha value is -5.92. The van der Waals surface area contributed by atoms with Gasteiger partial charge in [0.2, 0.25) is 0 Å². The van der Waals surface area contributed by atoms with E-state index in [0.717, 1.165) is 49.0 Å². The van der Waals surface area contributed by atoms with Crippen LogP contribution in [0.2, 0.25) is 0 Å². The first kappa shape index (κ1) is 18.0. The molecule has 0 N–H and O–H groups in total. The number of rotatable bonds is 4. The average Bonchev–Trinajstić information content (AvgIpc) is 3.56. The van der Waals surface area contributed by atoms with Gasteiger partial charge in [-0.15, -0.1) is 0 Å². The maximum atomic E-state index is 9.24. The Kier molecular flexibility index (Phi) is 4.15. The van der Waals surface area contributed by atoms with Crippen LogP contribution in [0.3, 0.4) is 0 Å². The lowest BCUT2D eigenvalue weighted by Crippen LogP contribution is -1.92. The molecule has 1 heteroatoms. The van der Waals surface area contributed by atoms with Crippen molar-refractivity contribution in [2.45, 2.75) is 0 Å². The van der Waals surface area contributed by atoms with Gasteiger partial charge in [0.05, 0.1) is 12.3 Å². The zero-order chi connectivity index (χ0) is 37.6. The summed E-state index contributed by atoms with van der Waals surface area (Å²) in [5.41, 5.74) is 5.95. The monoisotopic (exact) mass is 581 g/mol. The molecule has 45 heavy (non-hydrogen) atoms. The maximum absolute atomic E-state index is 9.24. The molecule has 0 saturated heterocycles. The van der Waals surface area contributed by atoms with Crippen molar-refractivity contribution in [3.63, 3.8) is 0 Å². The minimum absolute atomic E-state index is 0.0977. The van der Waals surface area contributed by atoms with Gasteiger partial charge in [-0.05, 0) is 90.3 Å². The predicted molar refractivity (Wildman–Crippen MR) is 190 cm³/mol. The van der Waals surface area contributed by atoms with Crippen LogP contribution in [0.25, 0.3) is 88.0 Å². The van der Waals surface area contributed by atoms with Crippen molar-refractivity contribution in [3.05, 3.63) is 170 Å². The lowest BCUT2D eigenvalue weighted by molar-refractivity contribution is 0.669. The van der Waals surface area contributed by atoms with Crippen LogP contribution in [0.5, 0.6) is 0 Å². The smallest absolute Gasteiger partial charge is 0.136 e. The molecule has 9 aromatic rings. The Morgan fingerprint density at radius 2 is 0.956 bits per heavy atom. The maximum Gasteiger partial charge on any atom is 0.136 e. The highest BCUT2D eigenvalue weighted by Gasteiger charge is 2.19. The van der Waals surface area contributed by atoms with Gasteiger partial charge in [0.15, 0.2) is 0 Å². The van der Waals surface area contributed by atoms with Crippen LogP contribution in [0.15, 0.2) is 174 Å². The third-order valence-corrected chi connectivity index (χ3v) is 8.48. The van der Waals surface area contributed by atoms with Gasteiger partial charge in [-0.25, -0.2) is 0 Å². The molecule has 0 saturated carbocycles. The lowest BCUT2D eigenvalue weighted by atomic mass is 9.84. The minimum Gasteiger partial charge on any atom is -0.456 e. The van der Waals surface area contributed by atoms with Crippen molar-refractivity contribution >= 4 is 43.5 Å². The van der Waals surface area contributed by atoms with Gasteiger partial charge in [-0.2, -0.15) is 0 Å². The van der Waals surface area contributed by atoms with Gasteiger partial charge >= 0.3 is 0 Å². The highest BCUT2D eigenvalue weighted by atomic mass is 16.3. The number of fused-ring (bicyclic) bond motifs is 5. The van der Waals surface area contributed by atoms with Crippen molar-refractivity contribution in [1.29, 1.82) is 0 Å². The largest absolute Gasteiger partial charge is 0.456 e. The van der Waals surface area contributed by atoms with E-state index in [2.05, 4.69) is 0 Å². The molecule has 0 atom stereocenters. The van der Waals surface area contributed by atoms with Crippen LogP contribution in [-0.2, 0) is 0 Å². The van der Waals surface area contributed by atoms with Crippen molar-refractivity contribution in [3.8, 4) is 44.5 Å². The number of benzene rings is 8. The number of hydrogen-bond donors (Lipinski definition) is 0. The average molecular weight is 582 g/mol. The molecule has 210 valence electrons. The fourth-order valence-corrected chi connectivity index (χ4v) is 6.51. The molecular weight excluding hydrogens is 544 g/mol. The van der Waals surface area contributed by atoms with E-state index < -0.39 is 6.04 Å². The second-order valence-corrected chi connectivity index (χ2v) is 11.0. The third-order valence-electron chi connectivity index (χ3n) is 8.48. The summed E-state index contributed by atoms with van der Waals surface area (Å²) in [4.78, 5) is 0. The minimum atomic E-state index is -0.436. The van der Waals surface area contributed by atoms with Gasteiger partial charge in [0, 0.05) is 10.8 Å². The summed E-state index contributed by atoms with van der Waals surface area (Å²) in [6.07, 6.45) is 0. The summed E-state index contributed by atoms with van der Waals surface area (Å²) >= 11 is 0. The standard InChI is InChI=1S/C44H28O/c1-3-13-29(14-4-1)31-24-26-41-40(27-31)34-25-23-32(28-42(34)45-41)43-36-19-9-11-21-38(36)44(39-22-12-10-20-37(39)43)35-18-8-7-17-33(35)30-15-5-2-6-16-30/h1-28H/i1D,3D,4D,7D,8D,13D,14D,17D,18D. The number of hydrogen-bond acceptors (Lipinski definition) is 1. The molecule has 0 amide bonds. The van der Waals surface area contributed by atoms with Gasteiger partial charge in [0.1, 0.15) is 11.2 Å². The highest BCUT2D eigenvalue weighted by Crippen LogP contribution is 2.46. The van der Waals surface area contributed by atoms with E-state index in [0.29, 0.717) is 33.4 Å². The molecule has 0 aliphatic rings. The quantitative estimate of drug-likeness (QED) is 0.188. The Bertz CT molecular complexity index is 2960. The molecule has 0 aliphatic heterocycles. The van der Waals surface area contributed by atoms with Gasteiger partial charge < -0.3 is 4.42 Å². The van der Waals surface area contributed by atoms with E-state index in [1.54, 1.807) is 18.2 Å². The van der Waals surface area contributed by atoms with Gasteiger partial charge in [-0.3, -0.25) is 0 Å². The van der Waals surface area contributed by atoms with Crippen molar-refractivity contribution in [2.24, 2.45) is 0 Å². The van der Waals surface area contributed by atoms with Crippen LogP contribution in [0.1, 0.15) is 12.3 Å². The van der Waals surface area contributed by atoms with Gasteiger partial charge in [-0.1, -0.05) is 145 Å². The molecule has 0 radical (unpaired) electrons. The molecule has 8 aromatic carbocycles. The molecule has 0 bridgehead atoms. The third kappa shape index (κ3) is 4.17. The summed E-state index contributed by atoms with van der Waals surface area (Å²) in [7, 11) is 0. The normalized spacial score (nSPS) is 14.4. The lowest BCUT2D eigenvalue weighted by Gasteiger charge is -2.19. The fraction of sp³-hybridized carbons (Fsp3) is 0. The molecule has 1 nitrogen and oxygen atoms in total. The summed E-state index contributed by atoms with van der Waals surface area (Å²) in [6, 6.07) is 33.9. The van der Waals surface area contributed by atoms with E-state index in [9.17, 15) is 1.37 Å². The van der Waals surface area contributed by atoms with Crippen LogP contribution in [0, 0.1) is 0 Å². The Morgan fingerprint density at radius 3 is 1.67 bits per heavy atom. The van der Waals surface area contributed by atoms with Gasteiger partial charge in [0.25, 0.3) is 0 Å². The second-order valence-electron chi connectivity index (χ2n) is 11.0. The second kappa shape index (κ2) is 10.4.